The predicted molar refractivity (Wildman–Crippen MR) is 41.1 cm³/mol. The minimum atomic E-state index is 0. The molecule has 0 amide bonds. The maximum atomic E-state index is 5.54. The molecule has 0 bridgehead atoms. The van der Waals surface area contributed by atoms with Crippen molar-refractivity contribution in [3.63, 3.8) is 0 Å². The fraction of sp³-hybridized carbons (Fsp3) is 0. The van der Waals surface area contributed by atoms with Crippen molar-refractivity contribution in [1.29, 1.82) is 0 Å². The summed E-state index contributed by atoms with van der Waals surface area (Å²) in [5, 5.41) is 1.20. The molecule has 0 aliphatic carbocycles. The van der Waals surface area contributed by atoms with Gasteiger partial charge < -0.3 is 24.0 Å². The SMILES string of the molecule is Clc1[c-]ccc(Cl)c1.[I-].[Mg+2]. The zero-order valence-electron chi connectivity index (χ0n) is 5.07. The number of hydrogen-bond acceptors (Lipinski definition) is 0. The van der Waals surface area contributed by atoms with Crippen LogP contribution in [0, 0.1) is 6.07 Å². The third-order valence-corrected chi connectivity index (χ3v) is 1.18. The van der Waals surface area contributed by atoms with E-state index in [0.29, 0.717) is 10.0 Å². The maximum absolute atomic E-state index is 5.54. The van der Waals surface area contributed by atoms with E-state index in [1.165, 1.54) is 0 Å². The van der Waals surface area contributed by atoms with E-state index in [2.05, 4.69) is 6.07 Å². The molecule has 0 fully saturated rings. The van der Waals surface area contributed by atoms with Crippen molar-refractivity contribution in [2.24, 2.45) is 0 Å². The standard InChI is InChI=1S/C6H3Cl2.HI.Mg/c7-5-2-1-3-6(8)4-5;;/h1-2,4H;1H;/q-1;;+2/p-1. The van der Waals surface area contributed by atoms with Gasteiger partial charge in [0.05, 0.1) is 0 Å². The molecule has 10 heavy (non-hydrogen) atoms. The molecule has 1 aromatic carbocycles. The van der Waals surface area contributed by atoms with E-state index in [4.69, 9.17) is 23.2 Å². The molecule has 4 heteroatoms. The molecule has 0 spiro atoms. The van der Waals surface area contributed by atoms with Crippen LogP contribution in [-0.2, 0) is 0 Å². The Morgan fingerprint density at radius 1 is 1.30 bits per heavy atom. The molecule has 0 atom stereocenters. The molecule has 1 rings (SSSR count). The van der Waals surface area contributed by atoms with Gasteiger partial charge in [0, 0.05) is 0 Å². The Morgan fingerprint density at radius 2 is 1.90 bits per heavy atom. The topological polar surface area (TPSA) is 0 Å². The van der Waals surface area contributed by atoms with Gasteiger partial charge in [0.1, 0.15) is 0 Å². The molecule has 0 aliphatic heterocycles. The molecule has 0 nitrogen and oxygen atoms in total. The van der Waals surface area contributed by atoms with Crippen LogP contribution in [0.3, 0.4) is 0 Å². The quantitative estimate of drug-likeness (QED) is 0.341. The van der Waals surface area contributed by atoms with Crippen LogP contribution in [0.5, 0.6) is 0 Å². The van der Waals surface area contributed by atoms with Gasteiger partial charge in [-0.15, -0.1) is 29.3 Å². The van der Waals surface area contributed by atoms with Crippen LogP contribution in [0.4, 0.5) is 0 Å². The zero-order chi connectivity index (χ0) is 5.98. The Balaban J connectivity index is 0. The van der Waals surface area contributed by atoms with Gasteiger partial charge in [-0.05, 0) is 0 Å². The van der Waals surface area contributed by atoms with E-state index in [1.807, 2.05) is 0 Å². The normalized spacial score (nSPS) is 7.40. The van der Waals surface area contributed by atoms with Gasteiger partial charge in [-0.25, -0.2) is 0 Å². The largest absolute Gasteiger partial charge is 2.00 e. The molecular formula is C6H3Cl2IMg. The van der Waals surface area contributed by atoms with Crippen LogP contribution in [0.15, 0.2) is 18.2 Å². The molecule has 0 unspecified atom stereocenters. The third kappa shape index (κ3) is 5.01. The first kappa shape index (κ1) is 13.9. The van der Waals surface area contributed by atoms with Gasteiger partial charge >= 0.3 is 23.1 Å². The summed E-state index contributed by atoms with van der Waals surface area (Å²) in [7, 11) is 0. The van der Waals surface area contributed by atoms with Crippen molar-refractivity contribution < 1.29 is 24.0 Å². The number of halogens is 3. The van der Waals surface area contributed by atoms with Crippen LogP contribution in [0.2, 0.25) is 10.0 Å². The fourth-order valence-corrected chi connectivity index (χ4v) is 0.820. The van der Waals surface area contributed by atoms with Crippen LogP contribution in [0.25, 0.3) is 0 Å². The second kappa shape index (κ2) is 6.97. The zero-order valence-corrected chi connectivity index (χ0v) is 10.2. The van der Waals surface area contributed by atoms with Crippen LogP contribution in [0.1, 0.15) is 0 Å². The molecule has 0 saturated carbocycles. The Kier molecular flexibility index (Phi) is 9.66. The average molecular weight is 297 g/mol. The van der Waals surface area contributed by atoms with E-state index in [0.717, 1.165) is 0 Å². The minimum Gasteiger partial charge on any atom is -1.00 e. The van der Waals surface area contributed by atoms with Crippen molar-refractivity contribution in [1.82, 2.24) is 0 Å². The Labute approximate surface area is 103 Å². The number of hydrogen-bond donors (Lipinski definition) is 0. The van der Waals surface area contributed by atoms with Gasteiger partial charge in [-0.2, -0.15) is 18.2 Å². The van der Waals surface area contributed by atoms with E-state index in [9.17, 15) is 0 Å². The average Bonchev–Trinajstić information content (AvgIpc) is 1.64. The van der Waals surface area contributed by atoms with E-state index >= 15 is 0 Å². The molecular weight excluding hydrogens is 294 g/mol. The summed E-state index contributed by atoms with van der Waals surface area (Å²) in [6, 6.07) is 7.81. The number of benzene rings is 1. The van der Waals surface area contributed by atoms with Gasteiger partial charge in [0.15, 0.2) is 0 Å². The summed E-state index contributed by atoms with van der Waals surface area (Å²) in [5.74, 6) is 0. The summed E-state index contributed by atoms with van der Waals surface area (Å²) in [6.45, 7) is 0. The van der Waals surface area contributed by atoms with Gasteiger partial charge in [0.25, 0.3) is 0 Å². The molecule has 50 valence electrons. The predicted octanol–water partition coefficient (Wildman–Crippen LogP) is -0.583. The van der Waals surface area contributed by atoms with Crippen molar-refractivity contribution >= 4 is 46.3 Å². The summed E-state index contributed by atoms with van der Waals surface area (Å²) < 4.78 is 0. The van der Waals surface area contributed by atoms with Crippen LogP contribution < -0.4 is 24.0 Å². The van der Waals surface area contributed by atoms with Crippen molar-refractivity contribution in [3.8, 4) is 0 Å². The van der Waals surface area contributed by atoms with Gasteiger partial charge in [-0.3, -0.25) is 0 Å². The smallest absolute Gasteiger partial charge is 1.00 e. The molecule has 0 saturated heterocycles. The van der Waals surface area contributed by atoms with Crippen molar-refractivity contribution in [2.75, 3.05) is 0 Å². The summed E-state index contributed by atoms with van der Waals surface area (Å²) >= 11 is 11.0. The first-order valence-electron chi connectivity index (χ1n) is 2.12. The van der Waals surface area contributed by atoms with E-state index < -0.39 is 0 Å². The molecule has 0 heterocycles. The third-order valence-electron chi connectivity index (χ3n) is 0.728. The van der Waals surface area contributed by atoms with Crippen molar-refractivity contribution in [3.05, 3.63) is 34.3 Å². The summed E-state index contributed by atoms with van der Waals surface area (Å²) in [6.07, 6.45) is 0. The first-order valence-corrected chi connectivity index (χ1v) is 2.87. The Hall–Kier alpha value is 1.30. The second-order valence-electron chi connectivity index (χ2n) is 1.35. The molecule has 0 radical (unpaired) electrons. The monoisotopic (exact) mass is 296 g/mol. The molecule has 0 aliphatic rings. The molecule has 1 aromatic rings. The maximum Gasteiger partial charge on any atom is 2.00 e. The van der Waals surface area contributed by atoms with Gasteiger partial charge in [0.2, 0.25) is 0 Å². The van der Waals surface area contributed by atoms with Crippen LogP contribution >= 0.6 is 23.2 Å². The number of rotatable bonds is 0. The summed E-state index contributed by atoms with van der Waals surface area (Å²) in [4.78, 5) is 0. The Morgan fingerprint density at radius 3 is 2.20 bits per heavy atom. The second-order valence-corrected chi connectivity index (χ2v) is 2.20. The van der Waals surface area contributed by atoms with Crippen LogP contribution in [-0.4, -0.2) is 23.1 Å². The van der Waals surface area contributed by atoms with Gasteiger partial charge in [-0.1, -0.05) is 10.0 Å². The van der Waals surface area contributed by atoms with Crippen molar-refractivity contribution in [2.45, 2.75) is 0 Å². The first-order chi connectivity index (χ1) is 3.79. The van der Waals surface area contributed by atoms with E-state index in [-0.39, 0.29) is 47.0 Å². The minimum absolute atomic E-state index is 0. The molecule has 0 N–H and O–H groups in total. The Bertz CT molecular complexity index is 176. The molecule has 0 aromatic heterocycles. The van der Waals surface area contributed by atoms with E-state index in [1.54, 1.807) is 18.2 Å². The fourth-order valence-electron chi connectivity index (χ4n) is 0.412. The summed E-state index contributed by atoms with van der Waals surface area (Å²) in [5.41, 5.74) is 0.